The van der Waals surface area contributed by atoms with E-state index in [1.165, 1.54) is 0 Å². The van der Waals surface area contributed by atoms with Gasteiger partial charge >= 0.3 is 0 Å². The van der Waals surface area contributed by atoms with E-state index < -0.39 is 0 Å². The average molecular weight is 433 g/mol. The van der Waals surface area contributed by atoms with Crippen molar-refractivity contribution in [2.24, 2.45) is 11.1 Å². The maximum atomic E-state index is 13.0. The average Bonchev–Trinajstić information content (AvgIpc) is 3.00. The minimum absolute atomic E-state index is 0. The fraction of sp³-hybridized carbons (Fsp3) is 0.500. The lowest BCUT2D eigenvalue weighted by atomic mass is 9.79. The zero-order valence-corrected chi connectivity index (χ0v) is 17.9. The van der Waals surface area contributed by atoms with Gasteiger partial charge in [-0.05, 0) is 24.0 Å². The van der Waals surface area contributed by atoms with E-state index in [0.717, 1.165) is 6.42 Å². The third-order valence-corrected chi connectivity index (χ3v) is 5.54. The van der Waals surface area contributed by atoms with E-state index in [9.17, 15) is 4.79 Å². The van der Waals surface area contributed by atoms with Crippen molar-refractivity contribution >= 4 is 41.5 Å². The summed E-state index contributed by atoms with van der Waals surface area (Å²) in [5.41, 5.74) is 6.57. The number of piperidine rings is 1. The van der Waals surface area contributed by atoms with Crippen molar-refractivity contribution in [1.82, 2.24) is 19.7 Å². The summed E-state index contributed by atoms with van der Waals surface area (Å²) in [4.78, 5) is 19.2. The first-order chi connectivity index (χ1) is 12.2. The van der Waals surface area contributed by atoms with Crippen molar-refractivity contribution in [1.29, 1.82) is 0 Å². The molecule has 1 aliphatic heterocycles. The van der Waals surface area contributed by atoms with Crippen LogP contribution in [0, 0.1) is 5.41 Å². The zero-order chi connectivity index (χ0) is 19.1. The van der Waals surface area contributed by atoms with E-state index in [1.807, 2.05) is 6.92 Å². The van der Waals surface area contributed by atoms with Crippen LogP contribution in [0.3, 0.4) is 0 Å². The Balaban J connectivity index is 0.00000261. The van der Waals surface area contributed by atoms with E-state index in [2.05, 4.69) is 23.9 Å². The number of carbonyl (C=O) groups excluding carboxylic acids is 1. The van der Waals surface area contributed by atoms with E-state index in [4.69, 9.17) is 28.9 Å². The van der Waals surface area contributed by atoms with Gasteiger partial charge in [-0.15, -0.1) is 17.5 Å². The predicted octanol–water partition coefficient (Wildman–Crippen LogP) is 3.76. The molecule has 0 radical (unpaired) electrons. The van der Waals surface area contributed by atoms with Crippen LogP contribution in [0.4, 0.5) is 0 Å². The van der Waals surface area contributed by atoms with Gasteiger partial charge in [0.05, 0.1) is 10.0 Å². The molecule has 9 heteroatoms. The third kappa shape index (κ3) is 4.24. The maximum absolute atomic E-state index is 13.0. The summed E-state index contributed by atoms with van der Waals surface area (Å²) in [6.07, 6.45) is 1.36. The fourth-order valence-electron chi connectivity index (χ4n) is 3.22. The lowest BCUT2D eigenvalue weighted by Gasteiger charge is -2.42. The molecule has 1 aromatic heterocycles. The first kappa shape index (κ1) is 22.0. The van der Waals surface area contributed by atoms with E-state index in [1.54, 1.807) is 27.8 Å². The maximum Gasteiger partial charge on any atom is 0.293 e. The van der Waals surface area contributed by atoms with Crippen molar-refractivity contribution in [2.45, 2.75) is 39.7 Å². The monoisotopic (exact) mass is 431 g/mol. The first-order valence-corrected chi connectivity index (χ1v) is 9.45. The number of para-hydroxylation sites is 1. The second kappa shape index (κ2) is 8.35. The summed E-state index contributed by atoms with van der Waals surface area (Å²) in [6.45, 7) is 7.28. The second-order valence-electron chi connectivity index (χ2n) is 7.30. The Hall–Kier alpha value is -1.34. The number of carbonyl (C=O) groups is 1. The van der Waals surface area contributed by atoms with Gasteiger partial charge in [0.2, 0.25) is 5.82 Å². The molecule has 6 nitrogen and oxygen atoms in total. The number of nitrogens with zero attached hydrogens (tertiary/aromatic N) is 4. The number of likely N-dealkylation sites (tertiary alicyclic amines) is 1. The molecule has 0 aliphatic carbocycles. The zero-order valence-electron chi connectivity index (χ0n) is 15.6. The molecule has 1 aromatic carbocycles. The molecule has 0 saturated carbocycles. The molecule has 27 heavy (non-hydrogen) atoms. The van der Waals surface area contributed by atoms with Gasteiger partial charge in [-0.3, -0.25) is 4.79 Å². The number of aryl methyl sites for hydroxylation is 1. The molecule has 0 bridgehead atoms. The quantitative estimate of drug-likeness (QED) is 0.801. The number of amides is 1. The summed E-state index contributed by atoms with van der Waals surface area (Å²) in [7, 11) is 0. The van der Waals surface area contributed by atoms with E-state index in [0.29, 0.717) is 41.1 Å². The Morgan fingerprint density at radius 2 is 1.96 bits per heavy atom. The minimum atomic E-state index is -0.193. The van der Waals surface area contributed by atoms with Crippen LogP contribution in [0.25, 0.3) is 5.69 Å². The summed E-state index contributed by atoms with van der Waals surface area (Å²) < 4.78 is 1.57. The van der Waals surface area contributed by atoms with Crippen LogP contribution in [0.5, 0.6) is 0 Å². The highest BCUT2D eigenvalue weighted by Crippen LogP contribution is 2.30. The Morgan fingerprint density at radius 1 is 1.33 bits per heavy atom. The summed E-state index contributed by atoms with van der Waals surface area (Å²) >= 11 is 12.6. The normalized spacial score (nSPS) is 18.9. The van der Waals surface area contributed by atoms with Gasteiger partial charge in [0.25, 0.3) is 5.91 Å². The fourth-order valence-corrected chi connectivity index (χ4v) is 3.78. The summed E-state index contributed by atoms with van der Waals surface area (Å²) in [5.74, 6) is 0.599. The van der Waals surface area contributed by atoms with Crippen LogP contribution in [0.15, 0.2) is 18.2 Å². The highest BCUT2D eigenvalue weighted by molar-refractivity contribution is 6.37. The summed E-state index contributed by atoms with van der Waals surface area (Å²) in [5, 5.41) is 5.35. The molecular weight excluding hydrogens is 409 g/mol. The molecule has 148 valence electrons. The minimum Gasteiger partial charge on any atom is -0.335 e. The number of hydrogen-bond donors (Lipinski definition) is 1. The van der Waals surface area contributed by atoms with Gasteiger partial charge < -0.3 is 10.6 Å². The second-order valence-corrected chi connectivity index (χ2v) is 8.11. The van der Waals surface area contributed by atoms with Crippen molar-refractivity contribution in [3.05, 3.63) is 39.9 Å². The van der Waals surface area contributed by atoms with E-state index >= 15 is 0 Å². The Kier molecular flexibility index (Phi) is 6.79. The Labute approximate surface area is 175 Å². The smallest absolute Gasteiger partial charge is 0.293 e. The Morgan fingerprint density at radius 3 is 2.52 bits per heavy atom. The van der Waals surface area contributed by atoms with Crippen LogP contribution in [0.1, 0.15) is 43.6 Å². The highest BCUT2D eigenvalue weighted by Gasteiger charge is 2.36. The summed E-state index contributed by atoms with van der Waals surface area (Å²) in [6, 6.07) is 5.31. The molecule has 3 rings (SSSR count). The van der Waals surface area contributed by atoms with Gasteiger partial charge in [-0.25, -0.2) is 9.67 Å². The molecule has 0 spiro atoms. The van der Waals surface area contributed by atoms with Crippen molar-refractivity contribution in [3.8, 4) is 5.69 Å². The van der Waals surface area contributed by atoms with Crippen LogP contribution in [-0.2, 0) is 6.42 Å². The lowest BCUT2D eigenvalue weighted by molar-refractivity contribution is 0.0521. The van der Waals surface area contributed by atoms with E-state index in [-0.39, 0.29) is 35.6 Å². The molecule has 1 fully saturated rings. The van der Waals surface area contributed by atoms with Gasteiger partial charge in [-0.1, -0.05) is 50.0 Å². The lowest BCUT2D eigenvalue weighted by Crippen LogP contribution is -2.54. The number of rotatable bonds is 3. The molecule has 1 aliphatic rings. The number of hydrogen-bond acceptors (Lipinski definition) is 4. The van der Waals surface area contributed by atoms with Gasteiger partial charge in [0, 0.05) is 25.6 Å². The van der Waals surface area contributed by atoms with Gasteiger partial charge in [0.1, 0.15) is 11.5 Å². The predicted molar refractivity (Wildman–Crippen MR) is 110 cm³/mol. The standard InChI is InChI=1S/C18H23Cl2N5O.ClH/c1-4-14-22-16(17(26)24-9-8-13(21)18(2,3)10-24)23-25(14)15-11(19)6-5-7-12(15)20;/h5-7,13H,4,8-10,21H2,1-3H3;1H. The van der Waals surface area contributed by atoms with Crippen LogP contribution in [0.2, 0.25) is 10.0 Å². The largest absolute Gasteiger partial charge is 0.335 e. The molecular formula is C18H24Cl3N5O. The van der Waals surface area contributed by atoms with Crippen LogP contribution in [-0.4, -0.2) is 44.7 Å². The number of aromatic nitrogens is 3. The first-order valence-electron chi connectivity index (χ1n) is 8.69. The number of nitrogens with two attached hydrogens (primary N) is 1. The van der Waals surface area contributed by atoms with Crippen LogP contribution >= 0.6 is 35.6 Å². The van der Waals surface area contributed by atoms with Gasteiger partial charge in [-0.2, -0.15) is 0 Å². The molecule has 1 atom stereocenters. The van der Waals surface area contributed by atoms with Gasteiger partial charge in [0.15, 0.2) is 0 Å². The topological polar surface area (TPSA) is 77.0 Å². The third-order valence-electron chi connectivity index (χ3n) is 4.93. The molecule has 1 amide bonds. The molecule has 1 saturated heterocycles. The van der Waals surface area contributed by atoms with Crippen molar-refractivity contribution in [2.75, 3.05) is 13.1 Å². The Bertz CT molecular complexity index is 816. The molecule has 2 aromatic rings. The molecule has 2 N–H and O–H groups in total. The highest BCUT2D eigenvalue weighted by atomic mass is 35.5. The molecule has 1 unspecified atom stereocenters. The number of halogens is 3. The van der Waals surface area contributed by atoms with Crippen molar-refractivity contribution < 1.29 is 4.79 Å². The SMILES string of the molecule is CCc1nc(C(=O)N2CCC(N)C(C)(C)C2)nn1-c1c(Cl)cccc1Cl.Cl. The van der Waals surface area contributed by atoms with Crippen molar-refractivity contribution in [3.63, 3.8) is 0 Å². The molecule has 2 heterocycles. The van der Waals surface area contributed by atoms with Crippen LogP contribution < -0.4 is 5.73 Å². The number of benzene rings is 1.